The van der Waals surface area contributed by atoms with Crippen molar-refractivity contribution in [1.29, 1.82) is 0 Å². The smallest absolute Gasteiger partial charge is 0.344 e. The number of aryl methyl sites for hydroxylation is 2. The van der Waals surface area contributed by atoms with E-state index in [9.17, 15) is 17.6 Å². The lowest BCUT2D eigenvalue weighted by molar-refractivity contribution is -0.211. The molecule has 1 aliphatic carbocycles. The first-order valence-electron chi connectivity index (χ1n) is 11.6. The maximum atomic E-state index is 14.7. The summed E-state index contributed by atoms with van der Waals surface area (Å²) in [6.45, 7) is 2.91. The van der Waals surface area contributed by atoms with Crippen LogP contribution < -0.4 is 5.32 Å². The molecule has 5 heterocycles. The molecule has 1 N–H and O–H groups in total. The normalized spacial score (nSPS) is 16.5. The summed E-state index contributed by atoms with van der Waals surface area (Å²) in [4.78, 5) is 4.46. The van der Waals surface area contributed by atoms with Gasteiger partial charge < -0.3 is 14.5 Å². The number of aromatic nitrogens is 7. The van der Waals surface area contributed by atoms with Crippen molar-refractivity contribution in [3.8, 4) is 22.6 Å². The van der Waals surface area contributed by atoms with Gasteiger partial charge in [-0.3, -0.25) is 4.68 Å². The second-order valence-corrected chi connectivity index (χ2v) is 9.99. The average Bonchev–Trinajstić information content (AvgIpc) is 3.09. The molecule has 1 spiro atoms. The van der Waals surface area contributed by atoms with E-state index in [1.165, 1.54) is 4.57 Å². The maximum absolute atomic E-state index is 14.7. The second-order valence-electron chi connectivity index (χ2n) is 9.99. The first kappa shape index (κ1) is 22.7. The molecule has 2 aliphatic rings. The predicted molar refractivity (Wildman–Crippen MR) is 124 cm³/mol. The number of pyridine rings is 1. The summed E-state index contributed by atoms with van der Waals surface area (Å²) in [6.07, 6.45) is 7.03. The van der Waals surface area contributed by atoms with Gasteiger partial charge in [0.1, 0.15) is 11.6 Å². The molecule has 0 aromatic carbocycles. The number of rotatable bonds is 5. The van der Waals surface area contributed by atoms with Crippen LogP contribution in [-0.2, 0) is 26.1 Å². The van der Waals surface area contributed by atoms with Crippen LogP contribution in [0.5, 0.6) is 0 Å². The third kappa shape index (κ3) is 3.49. The fraction of sp³-hybridized carbons (Fsp3) is 0.417. The molecule has 0 radical (unpaired) electrons. The van der Waals surface area contributed by atoms with Crippen molar-refractivity contribution in [3.05, 3.63) is 48.2 Å². The van der Waals surface area contributed by atoms with Crippen LogP contribution >= 0.6 is 0 Å². The van der Waals surface area contributed by atoms with Gasteiger partial charge in [-0.15, -0.1) is 10.2 Å². The zero-order valence-electron chi connectivity index (χ0n) is 19.9. The van der Waals surface area contributed by atoms with Gasteiger partial charge in [-0.2, -0.15) is 22.7 Å². The van der Waals surface area contributed by atoms with Crippen molar-refractivity contribution in [2.75, 3.05) is 5.32 Å². The Hall–Kier alpha value is -3.70. The third-order valence-electron chi connectivity index (χ3n) is 7.16. The Morgan fingerprint density at radius 1 is 1.08 bits per heavy atom. The predicted octanol–water partition coefficient (Wildman–Crippen LogP) is 5.13. The monoisotopic (exact) mass is 500 g/mol. The molecule has 0 unspecified atom stereocenters. The van der Waals surface area contributed by atoms with E-state index < -0.39 is 17.7 Å². The zero-order chi connectivity index (χ0) is 25.5. The number of nitrogens with one attached hydrogen (secondary N) is 1. The summed E-state index contributed by atoms with van der Waals surface area (Å²) in [6, 6.07) is 5.59. The Morgan fingerprint density at radius 2 is 1.86 bits per heavy atom. The third-order valence-corrected chi connectivity index (χ3v) is 7.16. The Morgan fingerprint density at radius 3 is 2.53 bits per heavy atom. The Labute approximate surface area is 204 Å². The van der Waals surface area contributed by atoms with Crippen LogP contribution in [0.1, 0.15) is 31.2 Å². The number of halogens is 4. The highest BCUT2D eigenvalue weighted by molar-refractivity contribution is 5.75. The van der Waals surface area contributed by atoms with Crippen LogP contribution in [0.25, 0.3) is 22.6 Å². The first-order valence-corrected chi connectivity index (χ1v) is 11.6. The van der Waals surface area contributed by atoms with Gasteiger partial charge in [0.05, 0.1) is 11.9 Å². The van der Waals surface area contributed by atoms with Gasteiger partial charge in [0.2, 0.25) is 5.82 Å². The van der Waals surface area contributed by atoms with E-state index in [4.69, 9.17) is 0 Å². The average molecular weight is 501 g/mol. The Kier molecular flexibility index (Phi) is 4.68. The van der Waals surface area contributed by atoms with Crippen LogP contribution in [0.15, 0.2) is 36.8 Å². The number of hydrogen-bond donors (Lipinski definition) is 1. The summed E-state index contributed by atoms with van der Waals surface area (Å²) in [5.74, 6) is -8.13. The maximum Gasteiger partial charge on any atom is 0.368 e. The molecular weight excluding hydrogens is 476 g/mol. The van der Waals surface area contributed by atoms with E-state index in [-0.39, 0.29) is 24.7 Å². The minimum absolute atomic E-state index is 0.170. The van der Waals surface area contributed by atoms with Crippen LogP contribution in [0.4, 0.5) is 29.2 Å². The van der Waals surface area contributed by atoms with Crippen LogP contribution in [0.2, 0.25) is 0 Å². The number of hydrogen-bond acceptors (Lipinski definition) is 5. The summed E-state index contributed by atoms with van der Waals surface area (Å²) >= 11 is 0. The molecule has 0 amide bonds. The van der Waals surface area contributed by atoms with Crippen LogP contribution in [-0.4, -0.2) is 40.0 Å². The highest BCUT2D eigenvalue weighted by atomic mass is 19.3. The van der Waals surface area contributed by atoms with Crippen molar-refractivity contribution in [2.24, 2.45) is 12.5 Å². The first-order chi connectivity index (χ1) is 17.0. The molecule has 6 rings (SSSR count). The van der Waals surface area contributed by atoms with E-state index in [0.717, 1.165) is 35.3 Å². The van der Waals surface area contributed by atoms with E-state index in [2.05, 4.69) is 25.6 Å². The lowest BCUT2D eigenvalue weighted by Gasteiger charge is -2.24. The molecule has 0 bridgehead atoms. The van der Waals surface area contributed by atoms with Crippen molar-refractivity contribution < 1.29 is 17.6 Å². The summed E-state index contributed by atoms with van der Waals surface area (Å²) in [7, 11) is 1.82. The molecule has 12 heteroatoms. The van der Waals surface area contributed by atoms with Gasteiger partial charge in [0, 0.05) is 56.5 Å². The second kappa shape index (κ2) is 7.40. The number of alkyl halides is 4. The van der Waals surface area contributed by atoms with Gasteiger partial charge in [-0.05, 0) is 43.0 Å². The van der Waals surface area contributed by atoms with Crippen LogP contribution in [0, 0.1) is 12.3 Å². The molecule has 8 nitrogen and oxygen atoms in total. The van der Waals surface area contributed by atoms with Gasteiger partial charge in [-0.25, -0.2) is 4.98 Å². The molecule has 36 heavy (non-hydrogen) atoms. The lowest BCUT2D eigenvalue weighted by Crippen LogP contribution is -2.38. The Bertz CT molecular complexity index is 1470. The summed E-state index contributed by atoms with van der Waals surface area (Å²) in [5.41, 5.74) is 2.95. The van der Waals surface area contributed by atoms with Gasteiger partial charge in [0.15, 0.2) is 5.82 Å². The SMILES string of the molecule is Cc1cnc(Nc2ccnn2C)cc1-c1cc2n(c1)CC1(CC1)Cn1c-2nnc1C(F)(F)C(C)(F)F. The molecule has 0 atom stereocenters. The largest absolute Gasteiger partial charge is 0.368 e. The highest BCUT2D eigenvalue weighted by Crippen LogP contribution is 2.53. The number of nitrogens with zero attached hydrogens (tertiary/aromatic N) is 7. The van der Waals surface area contributed by atoms with E-state index in [1.807, 2.05) is 42.9 Å². The van der Waals surface area contributed by atoms with Crippen molar-refractivity contribution >= 4 is 11.6 Å². The van der Waals surface area contributed by atoms with Crippen molar-refractivity contribution in [2.45, 2.75) is 51.6 Å². The molecule has 1 fully saturated rings. The quantitative estimate of drug-likeness (QED) is 0.384. The summed E-state index contributed by atoms with van der Waals surface area (Å²) < 4.78 is 62.0. The minimum Gasteiger partial charge on any atom is -0.344 e. The highest BCUT2D eigenvalue weighted by Gasteiger charge is 2.58. The van der Waals surface area contributed by atoms with E-state index in [0.29, 0.717) is 18.1 Å². The molecular formula is C24H24F4N8. The number of anilines is 2. The molecule has 1 aliphatic heterocycles. The van der Waals surface area contributed by atoms with E-state index in [1.54, 1.807) is 17.1 Å². The molecule has 4 aromatic rings. The summed E-state index contributed by atoms with van der Waals surface area (Å²) in [5, 5.41) is 14.9. The van der Waals surface area contributed by atoms with Gasteiger partial charge >= 0.3 is 11.8 Å². The van der Waals surface area contributed by atoms with Gasteiger partial charge in [0.25, 0.3) is 0 Å². The van der Waals surface area contributed by atoms with Crippen molar-refractivity contribution in [3.63, 3.8) is 0 Å². The Balaban J connectivity index is 1.44. The van der Waals surface area contributed by atoms with Gasteiger partial charge in [-0.1, -0.05) is 0 Å². The lowest BCUT2D eigenvalue weighted by atomic mass is 10.0. The minimum atomic E-state index is -4.44. The van der Waals surface area contributed by atoms with Crippen molar-refractivity contribution in [1.82, 2.24) is 34.1 Å². The topological polar surface area (TPSA) is 78.4 Å². The van der Waals surface area contributed by atoms with E-state index >= 15 is 0 Å². The molecule has 1 saturated carbocycles. The molecule has 0 saturated heterocycles. The fourth-order valence-electron chi connectivity index (χ4n) is 4.82. The fourth-order valence-corrected chi connectivity index (χ4v) is 4.82. The zero-order valence-corrected chi connectivity index (χ0v) is 19.9. The van der Waals surface area contributed by atoms with Crippen LogP contribution in [0.3, 0.4) is 0 Å². The standard InChI is InChI=1S/C24H24F4N8/c1-14-10-29-18(31-19-4-7-30-34(19)3)9-16(14)15-8-17-20-32-33-21(24(27,28)22(2,25)26)36(20)13-23(5-6-23)12-35(17)11-15/h4,7-11H,5-6,12-13H2,1-3H3,(H,29,31). The molecule has 4 aromatic heterocycles. The molecule has 188 valence electrons. The number of fused-ring (bicyclic) bond motifs is 3.